The maximum absolute atomic E-state index is 2.61. The van der Waals surface area contributed by atoms with Crippen LogP contribution in [-0.4, -0.2) is 18.3 Å². The van der Waals surface area contributed by atoms with E-state index >= 15 is 0 Å². The summed E-state index contributed by atoms with van der Waals surface area (Å²) in [6.45, 7) is 61.0. The molecule has 0 atom stereocenters. The largest absolute Gasteiger partial charge is 0.340 e. The molecule has 150 heavy (non-hydrogen) atoms. The second-order valence-electron chi connectivity index (χ2n) is 34.7. The summed E-state index contributed by atoms with van der Waals surface area (Å²) in [6.07, 6.45) is 4.02. The first-order chi connectivity index (χ1) is 73.4. The first-order valence-electron chi connectivity index (χ1n) is 56.7. The first-order valence-corrected chi connectivity index (χ1v) is 56.7. The number of fused-ring (bicyclic) bond motifs is 50. The Labute approximate surface area is 897 Å². The Balaban J connectivity index is 0.000000165. The van der Waals surface area contributed by atoms with Gasteiger partial charge in [0, 0.05) is 117 Å². The highest BCUT2D eigenvalue weighted by molar-refractivity contribution is 6.38. The van der Waals surface area contributed by atoms with Crippen LogP contribution in [0.15, 0.2) is 352 Å². The molecule has 4 heterocycles. The molecule has 0 saturated heterocycles. The van der Waals surface area contributed by atoms with Crippen LogP contribution in [0.5, 0.6) is 0 Å². The number of para-hydroxylation sites is 3. The van der Waals surface area contributed by atoms with Crippen LogP contribution in [0.3, 0.4) is 0 Å². The molecule has 4 heteroatoms. The fourth-order valence-electron chi connectivity index (χ4n) is 24.1. The highest BCUT2D eigenvalue weighted by Gasteiger charge is 2.35. The number of aryl methyl sites for hydroxylation is 4. The summed E-state index contributed by atoms with van der Waals surface area (Å²) in [6, 6.07) is 130. The lowest BCUT2D eigenvalue weighted by atomic mass is 9.91. The Hall–Kier alpha value is -14.8. The average molecular weight is 1980 g/mol. The Kier molecular flexibility index (Phi) is 39.7. The van der Waals surface area contributed by atoms with Gasteiger partial charge in [-0.1, -0.05) is 509 Å². The maximum Gasteiger partial charge on any atom is 0.0577 e. The summed E-state index contributed by atoms with van der Waals surface area (Å²) in [4.78, 5) is 0. The molecule has 4 nitrogen and oxygen atoms in total. The Morgan fingerprint density at radius 1 is 0.160 bits per heavy atom. The minimum atomic E-state index is 0. The van der Waals surface area contributed by atoms with E-state index in [2.05, 4.69) is 398 Å². The summed E-state index contributed by atoms with van der Waals surface area (Å²) < 4.78 is 10.2. The Bertz CT molecular complexity index is 8940. The smallest absolute Gasteiger partial charge is 0.0577 e. The Morgan fingerprint density at radius 3 is 0.873 bits per heavy atom. The molecule has 0 saturated carbocycles. The zero-order valence-electron chi connectivity index (χ0n) is 93.9. The van der Waals surface area contributed by atoms with E-state index in [1.165, 1.54) is 273 Å². The predicted octanol–water partition coefficient (Wildman–Crippen LogP) is 45.5. The minimum absolute atomic E-state index is 0. The van der Waals surface area contributed by atoms with E-state index in [1.807, 2.05) is 166 Å². The summed E-state index contributed by atoms with van der Waals surface area (Å²) >= 11 is 0. The normalized spacial score (nSPS) is 11.1. The van der Waals surface area contributed by atoms with Gasteiger partial charge in [0.1, 0.15) is 0 Å². The molecule has 29 rings (SSSR count). The van der Waals surface area contributed by atoms with Gasteiger partial charge in [-0.15, -0.1) is 0 Å². The lowest BCUT2D eigenvalue weighted by molar-refractivity contribution is 0.824. The van der Waals surface area contributed by atoms with Gasteiger partial charge < -0.3 is 18.3 Å². The molecule has 0 unspecified atom stereocenters. The van der Waals surface area contributed by atoms with Crippen molar-refractivity contribution < 1.29 is 0 Å². The van der Waals surface area contributed by atoms with E-state index in [4.69, 9.17) is 0 Å². The van der Waals surface area contributed by atoms with E-state index in [-0.39, 0.29) is 14.9 Å². The highest BCUT2D eigenvalue weighted by atomic mass is 15.0. The average Bonchev–Trinajstić information content (AvgIpc) is 2.16. The third-order valence-corrected chi connectivity index (χ3v) is 28.9. The molecule has 0 aliphatic heterocycles. The van der Waals surface area contributed by atoms with Gasteiger partial charge in [-0.05, 0) is 233 Å². The van der Waals surface area contributed by atoms with E-state index in [1.54, 1.807) is 0 Å². The number of aromatic nitrogens is 4. The van der Waals surface area contributed by atoms with Crippen molar-refractivity contribution in [2.45, 2.75) is 261 Å². The Morgan fingerprint density at radius 2 is 0.433 bits per heavy atom. The molecule has 0 fully saturated rings. The number of benzene rings is 21. The van der Waals surface area contributed by atoms with Crippen molar-refractivity contribution in [2.24, 2.45) is 0 Å². The van der Waals surface area contributed by atoms with Crippen LogP contribution >= 0.6 is 0 Å². The van der Waals surface area contributed by atoms with Crippen molar-refractivity contribution in [1.82, 2.24) is 18.3 Å². The summed E-state index contributed by atoms with van der Waals surface area (Å²) in [5.41, 5.74) is 34.3. The van der Waals surface area contributed by atoms with Crippen LogP contribution in [0, 0.1) is 0 Å². The molecule has 21 aromatic carbocycles. The second-order valence-corrected chi connectivity index (χ2v) is 34.7. The SMILES string of the molecule is C.C.CC.CC.CC.CC.CC.CC.CC.CC.CC.CC.CC.CC.CCn1c2c3c(c4ccccc4c2c2c4ccccc4c4ccccc4c21)-c1ccccc1C3.CCn1c2ccccc2c2c3ccccc3c3c(c21)Cc1c-3ccc2ccccc12.CCn1c2ccccc2c2c3ccccc3c3c(c21)Cc1cc2ccccc2cc1-3.CCn1c2ccccc2c2c3ccccc3c3c(c21)Cc1ccc2ccccc2c1-3. The van der Waals surface area contributed by atoms with Crippen molar-refractivity contribution in [1.29, 1.82) is 0 Å². The third kappa shape index (κ3) is 19.0. The lowest BCUT2D eigenvalue weighted by Crippen LogP contribution is -1.98. The highest BCUT2D eigenvalue weighted by Crippen LogP contribution is 2.57. The third-order valence-electron chi connectivity index (χ3n) is 28.9. The fourth-order valence-corrected chi connectivity index (χ4v) is 24.1. The molecule has 0 spiro atoms. The van der Waals surface area contributed by atoms with Crippen molar-refractivity contribution >= 4 is 184 Å². The lowest BCUT2D eigenvalue weighted by Gasteiger charge is -2.13. The van der Waals surface area contributed by atoms with E-state index in [9.17, 15) is 0 Å². The standard InChI is InChI=1S/C33H23N.3C29H21N.12C2H6.2CH4/c1-2-34-32-27-18-10-6-14-23(27)22-13-5-7-15-24(22)30(32)31-26-17-9-8-16-25(26)29-21-12-4-3-11-20(21)19-28(29)33(31)34;1-2-30-26-14-8-7-13-23(26)28-22-12-6-5-11-21(22)27-24-16-19-10-4-3-9-18(19)15-20(24)17-25(27)29(28)30;1-2-30-25-14-8-7-13-23(25)28-22-12-6-5-11-21(22)27-24(29(28)30)17-19-16-15-18-9-3-4-10-20(18)26(19)27;1-2-30-26-14-8-7-13-23(26)28-21-12-6-5-11-20(21)27-22-16-15-18-9-3-4-10-19(18)24(22)17-25(27)29(28)30;12*1-2;;/h3-18H,2,19H2,1H3;3*3-16H,2,17H2,1H3;12*1-2H3;2*1H4. The van der Waals surface area contributed by atoms with Crippen LogP contribution in [-0.2, 0) is 51.9 Å². The number of hydrogen-bond donors (Lipinski definition) is 0. The molecule has 0 radical (unpaired) electrons. The van der Waals surface area contributed by atoms with Gasteiger partial charge in [0.05, 0.1) is 27.6 Å². The van der Waals surface area contributed by atoms with E-state index in [0.29, 0.717) is 0 Å². The molecule has 4 aliphatic rings. The minimum Gasteiger partial charge on any atom is -0.340 e. The molecule has 770 valence electrons. The quantitative estimate of drug-likeness (QED) is 0.157. The van der Waals surface area contributed by atoms with Crippen molar-refractivity contribution in [3.63, 3.8) is 0 Å². The molecular weight excluding hydrogens is 1810 g/mol. The van der Waals surface area contributed by atoms with Crippen LogP contribution in [0.4, 0.5) is 0 Å². The van der Waals surface area contributed by atoms with Gasteiger partial charge in [0.15, 0.2) is 0 Å². The number of hydrogen-bond acceptors (Lipinski definition) is 0. The second kappa shape index (κ2) is 52.4. The molecule has 0 amide bonds. The van der Waals surface area contributed by atoms with Crippen LogP contribution in [0.1, 0.15) is 253 Å². The zero-order valence-corrected chi connectivity index (χ0v) is 93.9. The topological polar surface area (TPSA) is 19.7 Å². The van der Waals surface area contributed by atoms with Gasteiger partial charge in [0.2, 0.25) is 0 Å². The summed E-state index contributed by atoms with van der Waals surface area (Å²) in [5, 5.41) is 35.6. The molecule has 25 aromatic rings. The van der Waals surface area contributed by atoms with E-state index < -0.39 is 0 Å². The van der Waals surface area contributed by atoms with Gasteiger partial charge in [-0.25, -0.2) is 0 Å². The number of nitrogens with zero attached hydrogens (tertiary/aromatic N) is 4. The van der Waals surface area contributed by atoms with Crippen molar-refractivity contribution in [3.8, 4) is 44.5 Å². The van der Waals surface area contributed by atoms with Crippen molar-refractivity contribution in [3.05, 3.63) is 396 Å². The number of rotatable bonds is 4. The fraction of sp³-hybridized carbons (Fsp3) is 0.260. The summed E-state index contributed by atoms with van der Waals surface area (Å²) in [5.74, 6) is 0. The molecule has 4 aliphatic carbocycles. The van der Waals surface area contributed by atoms with E-state index in [0.717, 1.165) is 51.9 Å². The van der Waals surface area contributed by atoms with Gasteiger partial charge >= 0.3 is 0 Å². The van der Waals surface area contributed by atoms with Crippen LogP contribution in [0.25, 0.3) is 229 Å². The molecular formula is C146H166N4. The van der Waals surface area contributed by atoms with Gasteiger partial charge in [-0.3, -0.25) is 0 Å². The van der Waals surface area contributed by atoms with Crippen LogP contribution in [0.2, 0.25) is 0 Å². The molecule has 4 aromatic heterocycles. The van der Waals surface area contributed by atoms with Gasteiger partial charge in [-0.2, -0.15) is 0 Å². The van der Waals surface area contributed by atoms with Gasteiger partial charge in [0.25, 0.3) is 0 Å². The summed E-state index contributed by atoms with van der Waals surface area (Å²) in [7, 11) is 0. The van der Waals surface area contributed by atoms with Crippen LogP contribution < -0.4 is 0 Å². The maximum atomic E-state index is 2.61. The zero-order chi connectivity index (χ0) is 106. The monoisotopic (exact) mass is 1980 g/mol. The molecule has 0 bridgehead atoms. The predicted molar refractivity (Wildman–Crippen MR) is 681 cm³/mol. The molecule has 0 N–H and O–H groups in total. The first kappa shape index (κ1) is 114. The van der Waals surface area contributed by atoms with Crippen molar-refractivity contribution in [2.75, 3.05) is 0 Å².